The second-order valence-corrected chi connectivity index (χ2v) is 6.39. The van der Waals surface area contributed by atoms with E-state index in [1.54, 1.807) is 0 Å². The number of likely N-dealkylation sites (tertiary alicyclic amines) is 1. The van der Waals surface area contributed by atoms with Crippen LogP contribution in [0.1, 0.15) is 25.3 Å². The van der Waals surface area contributed by atoms with Crippen LogP contribution in [0.5, 0.6) is 0 Å². The molecule has 0 bridgehead atoms. The van der Waals surface area contributed by atoms with E-state index in [4.69, 9.17) is 0 Å². The number of carbonyl (C=O) groups is 1. The van der Waals surface area contributed by atoms with Crippen LogP contribution in [0.2, 0.25) is 0 Å². The smallest absolute Gasteiger partial charge is 0.240 e. The monoisotopic (exact) mass is 377 g/mol. The molecular formula is C17H26Cl2FN3O. The van der Waals surface area contributed by atoms with E-state index < -0.39 is 0 Å². The highest BCUT2D eigenvalue weighted by molar-refractivity contribution is 5.85. The predicted molar refractivity (Wildman–Crippen MR) is 98.4 cm³/mol. The Balaban J connectivity index is 0.00000144. The zero-order chi connectivity index (χ0) is 15.5. The molecule has 4 nitrogen and oxygen atoms in total. The Labute approximate surface area is 155 Å². The van der Waals surface area contributed by atoms with Gasteiger partial charge in [-0.05, 0) is 44.0 Å². The van der Waals surface area contributed by atoms with E-state index >= 15 is 0 Å². The van der Waals surface area contributed by atoms with Crippen molar-refractivity contribution in [2.45, 2.75) is 38.4 Å². The first-order valence-electron chi connectivity index (χ1n) is 8.14. The quantitative estimate of drug-likeness (QED) is 0.878. The molecule has 24 heavy (non-hydrogen) atoms. The third-order valence-corrected chi connectivity index (χ3v) is 4.63. The summed E-state index contributed by atoms with van der Waals surface area (Å²) in [5.74, 6) is 0.0422. The zero-order valence-corrected chi connectivity index (χ0v) is 15.5. The minimum Gasteiger partial charge on any atom is -0.339 e. The van der Waals surface area contributed by atoms with Gasteiger partial charge in [-0.3, -0.25) is 9.69 Å². The van der Waals surface area contributed by atoms with Crippen molar-refractivity contribution in [3.05, 3.63) is 35.6 Å². The molecule has 7 heteroatoms. The molecule has 1 amide bonds. The molecule has 2 unspecified atom stereocenters. The Bertz CT molecular complexity index is 529. The molecule has 136 valence electrons. The predicted octanol–water partition coefficient (Wildman–Crippen LogP) is 2.45. The third kappa shape index (κ3) is 5.06. The number of hydrogen-bond acceptors (Lipinski definition) is 3. The van der Waals surface area contributed by atoms with Crippen LogP contribution >= 0.6 is 24.8 Å². The number of amides is 1. The van der Waals surface area contributed by atoms with E-state index in [2.05, 4.69) is 17.1 Å². The zero-order valence-electron chi connectivity index (χ0n) is 13.9. The van der Waals surface area contributed by atoms with Crippen molar-refractivity contribution in [2.24, 2.45) is 0 Å². The summed E-state index contributed by atoms with van der Waals surface area (Å²) in [7, 11) is 0. The summed E-state index contributed by atoms with van der Waals surface area (Å²) >= 11 is 0. The third-order valence-electron chi connectivity index (χ3n) is 4.63. The lowest BCUT2D eigenvalue weighted by atomic mass is 10.1. The van der Waals surface area contributed by atoms with Crippen molar-refractivity contribution >= 4 is 30.7 Å². The molecule has 1 N–H and O–H groups in total. The maximum Gasteiger partial charge on any atom is 0.240 e. The van der Waals surface area contributed by atoms with E-state index in [1.807, 2.05) is 17.0 Å². The van der Waals surface area contributed by atoms with Gasteiger partial charge < -0.3 is 10.2 Å². The van der Waals surface area contributed by atoms with Crippen molar-refractivity contribution < 1.29 is 9.18 Å². The SMILES string of the molecule is CC1CN(C(=O)C2CCCN2Cc2ccc(F)cc2)CCN1.Cl.Cl. The Kier molecular flexibility index (Phi) is 8.43. The molecule has 0 saturated carbocycles. The minimum absolute atomic E-state index is 0. The molecule has 2 heterocycles. The first kappa shape index (κ1) is 21.2. The molecule has 3 rings (SSSR count). The van der Waals surface area contributed by atoms with Gasteiger partial charge in [0.05, 0.1) is 6.04 Å². The Hall–Kier alpha value is -0.880. The molecular weight excluding hydrogens is 352 g/mol. The van der Waals surface area contributed by atoms with Crippen LogP contribution in [0.3, 0.4) is 0 Å². The Morgan fingerprint density at radius 1 is 1.25 bits per heavy atom. The number of halogens is 3. The van der Waals surface area contributed by atoms with Gasteiger partial charge in [-0.15, -0.1) is 24.8 Å². The largest absolute Gasteiger partial charge is 0.339 e. The van der Waals surface area contributed by atoms with Crippen molar-refractivity contribution in [2.75, 3.05) is 26.2 Å². The average Bonchev–Trinajstić information content (AvgIpc) is 2.97. The second-order valence-electron chi connectivity index (χ2n) is 6.39. The van der Waals surface area contributed by atoms with E-state index in [1.165, 1.54) is 12.1 Å². The van der Waals surface area contributed by atoms with E-state index in [0.717, 1.165) is 51.1 Å². The summed E-state index contributed by atoms with van der Waals surface area (Å²) in [5, 5.41) is 3.37. The lowest BCUT2D eigenvalue weighted by Crippen LogP contribution is -2.55. The van der Waals surface area contributed by atoms with Gasteiger partial charge in [-0.1, -0.05) is 12.1 Å². The average molecular weight is 378 g/mol. The Morgan fingerprint density at radius 2 is 1.96 bits per heavy atom. The number of piperazine rings is 1. The fourth-order valence-electron chi connectivity index (χ4n) is 3.46. The molecule has 2 atom stereocenters. The molecule has 0 aromatic heterocycles. The molecule has 0 spiro atoms. The number of nitrogens with one attached hydrogen (secondary N) is 1. The highest BCUT2D eigenvalue weighted by Gasteiger charge is 2.34. The van der Waals surface area contributed by atoms with Crippen LogP contribution in [-0.2, 0) is 11.3 Å². The van der Waals surface area contributed by atoms with Crippen LogP contribution < -0.4 is 5.32 Å². The van der Waals surface area contributed by atoms with Gasteiger partial charge >= 0.3 is 0 Å². The van der Waals surface area contributed by atoms with Crippen molar-refractivity contribution in [1.82, 2.24) is 15.1 Å². The highest BCUT2D eigenvalue weighted by Crippen LogP contribution is 2.22. The maximum absolute atomic E-state index is 13.0. The number of rotatable bonds is 3. The van der Waals surface area contributed by atoms with Crippen molar-refractivity contribution in [3.63, 3.8) is 0 Å². The lowest BCUT2D eigenvalue weighted by Gasteiger charge is -2.35. The van der Waals surface area contributed by atoms with Crippen LogP contribution in [0.25, 0.3) is 0 Å². The topological polar surface area (TPSA) is 35.6 Å². The number of carbonyl (C=O) groups excluding carboxylic acids is 1. The Morgan fingerprint density at radius 3 is 2.62 bits per heavy atom. The van der Waals surface area contributed by atoms with Crippen molar-refractivity contribution in [3.8, 4) is 0 Å². The lowest BCUT2D eigenvalue weighted by molar-refractivity contribution is -0.137. The molecule has 2 fully saturated rings. The molecule has 0 aliphatic carbocycles. The van der Waals surface area contributed by atoms with Crippen LogP contribution in [0.15, 0.2) is 24.3 Å². The fourth-order valence-corrected chi connectivity index (χ4v) is 3.46. The van der Waals surface area contributed by atoms with Gasteiger partial charge in [0.2, 0.25) is 5.91 Å². The van der Waals surface area contributed by atoms with Crippen LogP contribution in [-0.4, -0.2) is 54.0 Å². The van der Waals surface area contributed by atoms with Gasteiger partial charge in [0.15, 0.2) is 0 Å². The fraction of sp³-hybridized carbons (Fsp3) is 0.588. The van der Waals surface area contributed by atoms with E-state index in [0.29, 0.717) is 6.04 Å². The maximum atomic E-state index is 13.0. The minimum atomic E-state index is -0.215. The first-order valence-corrected chi connectivity index (χ1v) is 8.14. The van der Waals surface area contributed by atoms with Crippen LogP contribution in [0, 0.1) is 5.82 Å². The number of hydrogen-bond donors (Lipinski definition) is 1. The summed E-state index contributed by atoms with van der Waals surface area (Å²) in [6.45, 7) is 6.24. The standard InChI is InChI=1S/C17H24FN3O.2ClH/c1-13-11-21(10-8-19-13)17(22)16-3-2-9-20(16)12-14-4-6-15(18)7-5-14;;/h4-7,13,16,19H,2-3,8-12H2,1H3;2*1H. The van der Waals surface area contributed by atoms with E-state index in [-0.39, 0.29) is 42.6 Å². The molecule has 1 aromatic rings. The molecule has 2 saturated heterocycles. The summed E-state index contributed by atoms with van der Waals surface area (Å²) in [5.41, 5.74) is 1.06. The highest BCUT2D eigenvalue weighted by atomic mass is 35.5. The summed E-state index contributed by atoms with van der Waals surface area (Å²) in [6.07, 6.45) is 1.98. The molecule has 2 aliphatic rings. The first-order chi connectivity index (χ1) is 10.6. The van der Waals surface area contributed by atoms with Gasteiger partial charge in [0, 0.05) is 32.2 Å². The normalized spacial score (nSPS) is 24.2. The molecule has 2 aliphatic heterocycles. The molecule has 1 aromatic carbocycles. The van der Waals surface area contributed by atoms with Gasteiger partial charge in [-0.2, -0.15) is 0 Å². The van der Waals surface area contributed by atoms with E-state index in [9.17, 15) is 9.18 Å². The summed E-state index contributed by atoms with van der Waals surface area (Å²) in [6, 6.07) is 6.94. The van der Waals surface area contributed by atoms with Gasteiger partial charge in [0.1, 0.15) is 5.82 Å². The van der Waals surface area contributed by atoms with Gasteiger partial charge in [-0.25, -0.2) is 4.39 Å². The summed E-state index contributed by atoms with van der Waals surface area (Å²) in [4.78, 5) is 17.0. The number of benzene rings is 1. The summed E-state index contributed by atoms with van der Waals surface area (Å²) < 4.78 is 13.0. The van der Waals surface area contributed by atoms with Gasteiger partial charge in [0.25, 0.3) is 0 Å². The second kappa shape index (κ2) is 9.56. The number of nitrogens with zero attached hydrogens (tertiary/aromatic N) is 2. The van der Waals surface area contributed by atoms with Crippen molar-refractivity contribution in [1.29, 1.82) is 0 Å². The van der Waals surface area contributed by atoms with Crippen LogP contribution in [0.4, 0.5) is 4.39 Å². The molecule has 0 radical (unpaired) electrons.